The van der Waals surface area contributed by atoms with Crippen LogP contribution in [0.25, 0.3) is 0 Å². The molecule has 0 aliphatic heterocycles. The van der Waals surface area contributed by atoms with E-state index in [-0.39, 0.29) is 41.2 Å². The van der Waals surface area contributed by atoms with Gasteiger partial charge in [0.05, 0.1) is 13.2 Å². The highest BCUT2D eigenvalue weighted by Gasteiger charge is 2.45. The fourth-order valence-electron chi connectivity index (χ4n) is 4.21. The van der Waals surface area contributed by atoms with E-state index in [2.05, 4.69) is 39.6 Å². The molecule has 1 aromatic carbocycles. The Morgan fingerprint density at radius 3 is 2.26 bits per heavy atom. The zero-order chi connectivity index (χ0) is 38.0. The van der Waals surface area contributed by atoms with E-state index in [0.29, 0.717) is 5.76 Å². The van der Waals surface area contributed by atoms with E-state index in [1.807, 2.05) is 0 Å². The van der Waals surface area contributed by atoms with Crippen LogP contribution in [0.1, 0.15) is 50.9 Å². The summed E-state index contributed by atoms with van der Waals surface area (Å²) in [4.78, 5) is 68.7. The Morgan fingerprint density at radius 2 is 1.72 bits per heavy atom. The molecule has 15 heteroatoms. The zero-order valence-electron chi connectivity index (χ0n) is 28.5. The largest absolute Gasteiger partial charge is 0.497 e. The van der Waals surface area contributed by atoms with Crippen LogP contribution >= 0.6 is 11.6 Å². The number of carbonyl (C=O) groups is 5. The summed E-state index contributed by atoms with van der Waals surface area (Å²) in [5, 5.41) is 10.0. The molecule has 0 heterocycles. The maximum Gasteiger partial charge on any atom is 0.452 e. The minimum absolute atomic E-state index is 0.0382. The van der Waals surface area contributed by atoms with Gasteiger partial charge in [-0.2, -0.15) is 13.2 Å². The molecule has 3 atom stereocenters. The van der Waals surface area contributed by atoms with Crippen LogP contribution in [0.2, 0.25) is 5.02 Å². The molecule has 0 unspecified atom stereocenters. The molecule has 0 saturated heterocycles. The topological polar surface area (TPSA) is 155 Å². The van der Waals surface area contributed by atoms with Crippen molar-refractivity contribution in [1.29, 1.82) is 0 Å². The lowest BCUT2D eigenvalue weighted by molar-refractivity contribution is -0.175. The number of halogens is 4. The smallest absolute Gasteiger partial charge is 0.452 e. The van der Waals surface area contributed by atoms with Crippen molar-refractivity contribution >= 4 is 47.7 Å². The van der Waals surface area contributed by atoms with Gasteiger partial charge in [-0.25, -0.2) is 0 Å². The molecule has 0 spiro atoms. The van der Waals surface area contributed by atoms with Gasteiger partial charge in [-0.05, 0) is 81.3 Å². The number of nitrogens with one attached hydrogen (secondary N) is 4. The second-order valence-electron chi connectivity index (χ2n) is 11.0. The lowest BCUT2D eigenvalue weighted by Crippen LogP contribution is -2.58. The van der Waals surface area contributed by atoms with Crippen LogP contribution in [0, 0.1) is 5.92 Å². The van der Waals surface area contributed by atoms with E-state index >= 15 is 0 Å². The molecule has 11 nitrogen and oxygen atoms in total. The molecule has 0 aliphatic carbocycles. The van der Waals surface area contributed by atoms with E-state index in [9.17, 15) is 37.1 Å². The first-order valence-corrected chi connectivity index (χ1v) is 15.8. The maximum absolute atomic E-state index is 13.8. The standard InChI is InChI=1S/C35H43ClF3N5O6/c1-8-10-15-26(40-6)32(47)41-19-12-16-27(42-31(46)23-13-11-14-24(36)20-23)33(48)44-29(22(5)17-18-25(9-2)50-7)34(49)43-28(21(3)4)30(45)35(37,38)39/h8-11,13-15,17-18,20-21,27-29H,5-6,12,16,19H2,1-4,7H3,(H,41,47)(H,42,46)(H,43,49)(H,44,48)/b10-8-,18-17-,25-9+,26-15-/t27-,28-,29-/m0/s1. The van der Waals surface area contributed by atoms with E-state index in [1.165, 1.54) is 57.4 Å². The first-order chi connectivity index (χ1) is 23.5. The highest BCUT2D eigenvalue weighted by atomic mass is 35.5. The van der Waals surface area contributed by atoms with Gasteiger partial charge in [-0.3, -0.25) is 29.0 Å². The minimum Gasteiger partial charge on any atom is -0.497 e. The predicted octanol–water partition coefficient (Wildman–Crippen LogP) is 4.92. The first-order valence-electron chi connectivity index (χ1n) is 15.4. The third-order valence-electron chi connectivity index (χ3n) is 6.94. The number of amides is 4. The van der Waals surface area contributed by atoms with E-state index < -0.39 is 59.6 Å². The summed E-state index contributed by atoms with van der Waals surface area (Å²) in [6.07, 6.45) is 3.87. The van der Waals surface area contributed by atoms with Crippen molar-refractivity contribution < 1.29 is 41.9 Å². The van der Waals surface area contributed by atoms with Crippen molar-refractivity contribution in [2.24, 2.45) is 10.9 Å². The van der Waals surface area contributed by atoms with Crippen LogP contribution in [-0.4, -0.2) is 74.1 Å². The summed E-state index contributed by atoms with van der Waals surface area (Å²) < 4.78 is 45.3. The molecule has 50 heavy (non-hydrogen) atoms. The Morgan fingerprint density at radius 1 is 1.04 bits per heavy atom. The molecule has 272 valence electrons. The number of Topliss-reactive ketones (excluding diaryl/α,β-unsaturated/α-hetero) is 1. The molecule has 0 aliphatic rings. The number of methoxy groups -OCH3 is 1. The van der Waals surface area contributed by atoms with Crippen LogP contribution in [0.15, 0.2) is 89.3 Å². The van der Waals surface area contributed by atoms with Crippen molar-refractivity contribution in [1.82, 2.24) is 21.3 Å². The predicted molar refractivity (Wildman–Crippen MR) is 186 cm³/mol. The first kappa shape index (κ1) is 43.0. The van der Waals surface area contributed by atoms with Crippen molar-refractivity contribution in [2.75, 3.05) is 13.7 Å². The maximum atomic E-state index is 13.8. The molecule has 4 N–H and O–H groups in total. The lowest BCUT2D eigenvalue weighted by atomic mass is 9.97. The molecule has 0 aromatic heterocycles. The number of rotatable bonds is 19. The Hall–Kier alpha value is -4.98. The molecule has 0 fully saturated rings. The molecular weight excluding hydrogens is 679 g/mol. The fraction of sp³-hybridized carbons (Fsp3) is 0.371. The second-order valence-corrected chi connectivity index (χ2v) is 11.4. The third kappa shape index (κ3) is 14.2. The molecule has 1 rings (SSSR count). The van der Waals surface area contributed by atoms with Crippen LogP contribution in [0.3, 0.4) is 0 Å². The Bertz CT molecular complexity index is 1530. The Balaban J connectivity index is 3.43. The van der Waals surface area contributed by atoms with Crippen LogP contribution in [0.5, 0.6) is 0 Å². The van der Waals surface area contributed by atoms with Crippen LogP contribution < -0.4 is 21.3 Å². The molecule has 4 amide bonds. The highest BCUT2D eigenvalue weighted by Crippen LogP contribution is 2.22. The summed E-state index contributed by atoms with van der Waals surface area (Å²) in [6, 6.07) is 0.900. The van der Waals surface area contributed by atoms with Gasteiger partial charge in [0.15, 0.2) is 0 Å². The van der Waals surface area contributed by atoms with Gasteiger partial charge in [-0.15, -0.1) is 0 Å². The average Bonchev–Trinajstić information content (AvgIpc) is 3.06. The van der Waals surface area contributed by atoms with Gasteiger partial charge in [0.2, 0.25) is 11.8 Å². The summed E-state index contributed by atoms with van der Waals surface area (Å²) in [5.74, 6) is -6.11. The normalized spacial score (nSPS) is 14.1. The van der Waals surface area contributed by atoms with Crippen LogP contribution in [-0.2, 0) is 23.9 Å². The second kappa shape index (κ2) is 21.2. The van der Waals surface area contributed by atoms with Gasteiger partial charge in [0, 0.05) is 17.1 Å². The quantitative estimate of drug-likeness (QED) is 0.0523. The van der Waals surface area contributed by atoms with Crippen molar-refractivity contribution in [3.05, 3.63) is 94.9 Å². The SMILES string of the molecule is C=N/C(=C\C=C/C)C(=O)NCCC[C@H](NC(=O)c1cccc(Cl)c1)C(=O)N[C@@H](C(=C)/C=C\C(=C/C)OC)C(=O)N[C@H](C(=O)C(F)(F)F)C(C)C. The lowest BCUT2D eigenvalue weighted by Gasteiger charge is -2.27. The number of carbonyl (C=O) groups excluding carboxylic acids is 5. The minimum atomic E-state index is -5.24. The molecule has 0 radical (unpaired) electrons. The summed E-state index contributed by atoms with van der Waals surface area (Å²) >= 11 is 6.03. The number of hydrogen-bond donors (Lipinski definition) is 4. The number of benzene rings is 1. The molecule has 0 saturated carbocycles. The Labute approximate surface area is 294 Å². The summed E-state index contributed by atoms with van der Waals surface area (Å²) in [6.45, 7) is 13.3. The molecular formula is C35H43ClF3N5O6. The van der Waals surface area contributed by atoms with Gasteiger partial charge >= 0.3 is 6.18 Å². The highest BCUT2D eigenvalue weighted by molar-refractivity contribution is 6.31. The van der Waals surface area contributed by atoms with Gasteiger partial charge in [0.25, 0.3) is 17.6 Å². The number of alkyl halides is 3. The fourth-order valence-corrected chi connectivity index (χ4v) is 4.40. The Kier molecular flexibility index (Phi) is 18.2. The monoisotopic (exact) mass is 721 g/mol. The molecule has 0 bridgehead atoms. The number of allylic oxidation sites excluding steroid dienone is 5. The third-order valence-corrected chi connectivity index (χ3v) is 7.18. The number of aliphatic imine (C=N–C) groups is 1. The van der Waals surface area contributed by atoms with Gasteiger partial charge in [-0.1, -0.05) is 56.3 Å². The van der Waals surface area contributed by atoms with Crippen molar-refractivity contribution in [2.45, 2.75) is 64.8 Å². The van der Waals surface area contributed by atoms with Gasteiger partial charge < -0.3 is 26.0 Å². The van der Waals surface area contributed by atoms with E-state index in [1.54, 1.807) is 38.1 Å². The number of ketones is 1. The van der Waals surface area contributed by atoms with E-state index in [0.717, 1.165) is 0 Å². The summed E-state index contributed by atoms with van der Waals surface area (Å²) in [7, 11) is 1.38. The average molecular weight is 722 g/mol. The molecule has 1 aromatic rings. The summed E-state index contributed by atoms with van der Waals surface area (Å²) in [5.41, 5.74) is 0.0778. The number of hydrogen-bond acceptors (Lipinski definition) is 7. The number of ether oxygens (including phenoxy) is 1. The zero-order valence-corrected chi connectivity index (χ0v) is 29.3. The van der Waals surface area contributed by atoms with Gasteiger partial charge in [0.1, 0.15) is 23.5 Å². The van der Waals surface area contributed by atoms with Crippen molar-refractivity contribution in [3.8, 4) is 0 Å². The number of nitrogens with zero attached hydrogens (tertiary/aromatic N) is 1. The van der Waals surface area contributed by atoms with Crippen LogP contribution in [0.4, 0.5) is 13.2 Å². The van der Waals surface area contributed by atoms with Crippen molar-refractivity contribution in [3.63, 3.8) is 0 Å². The van der Waals surface area contributed by atoms with E-state index in [4.69, 9.17) is 16.3 Å².